The Morgan fingerprint density at radius 1 is 1.09 bits per heavy atom. The highest BCUT2D eigenvalue weighted by Gasteiger charge is 2.13. The van der Waals surface area contributed by atoms with Crippen molar-refractivity contribution in [2.45, 2.75) is 6.92 Å². The number of thiocarbonyl (C=S) groups is 1. The number of anilines is 1. The van der Waals surface area contributed by atoms with Crippen LogP contribution in [0.2, 0.25) is 0 Å². The summed E-state index contributed by atoms with van der Waals surface area (Å²) in [6, 6.07) is 20.3. The van der Waals surface area contributed by atoms with Crippen molar-refractivity contribution in [3.8, 4) is 22.9 Å². The number of aromatic nitrogens is 2. The minimum absolute atomic E-state index is 0.150. The van der Waals surface area contributed by atoms with E-state index in [2.05, 4.69) is 20.6 Å². The molecule has 1 amide bonds. The summed E-state index contributed by atoms with van der Waals surface area (Å²) in [5.74, 6) is 1.59. The summed E-state index contributed by atoms with van der Waals surface area (Å²) in [7, 11) is 1.57. The molecule has 0 saturated heterocycles. The third-order valence-corrected chi connectivity index (χ3v) is 4.95. The lowest BCUT2D eigenvalue weighted by Gasteiger charge is -2.14. The van der Waals surface area contributed by atoms with Crippen LogP contribution in [0.4, 0.5) is 5.69 Å². The molecule has 0 bridgehead atoms. The summed E-state index contributed by atoms with van der Waals surface area (Å²) >= 11 is 5.36. The van der Waals surface area contributed by atoms with Crippen molar-refractivity contribution < 1.29 is 14.3 Å². The monoisotopic (exact) mass is 446 g/mol. The average Bonchev–Trinajstić information content (AvgIpc) is 3.24. The van der Waals surface area contributed by atoms with E-state index in [1.807, 2.05) is 49.4 Å². The number of rotatable bonds is 6. The first-order valence-corrected chi connectivity index (χ1v) is 10.5. The first kappa shape index (κ1) is 21.3. The van der Waals surface area contributed by atoms with Crippen molar-refractivity contribution in [3.05, 3.63) is 72.3 Å². The highest BCUT2D eigenvalue weighted by atomic mass is 32.1. The standard InChI is InChI=1S/C24H22N4O3S/c1-3-31-17-8-6-7-16(13-17)23(29)28-24(32)27-20-14-15(11-12-21(20)30-2)22-25-18-9-4-5-10-19(18)26-22/h4-14H,3H2,1-2H3,(H,25,26)(H2,27,28,29,32). The van der Waals surface area contributed by atoms with Gasteiger partial charge in [-0.3, -0.25) is 10.1 Å². The molecule has 32 heavy (non-hydrogen) atoms. The Kier molecular flexibility index (Phi) is 6.32. The van der Waals surface area contributed by atoms with Crippen LogP contribution in [0.5, 0.6) is 11.5 Å². The number of fused-ring (bicyclic) bond motifs is 1. The van der Waals surface area contributed by atoms with Crippen LogP contribution < -0.4 is 20.1 Å². The third kappa shape index (κ3) is 4.70. The molecule has 162 valence electrons. The van der Waals surface area contributed by atoms with Crippen LogP contribution in [0.3, 0.4) is 0 Å². The van der Waals surface area contributed by atoms with E-state index >= 15 is 0 Å². The normalized spacial score (nSPS) is 10.6. The number of nitrogens with one attached hydrogen (secondary N) is 3. The molecule has 4 aromatic rings. The van der Waals surface area contributed by atoms with Gasteiger partial charge in [0.1, 0.15) is 17.3 Å². The lowest BCUT2D eigenvalue weighted by molar-refractivity contribution is 0.0977. The van der Waals surface area contributed by atoms with Crippen LogP contribution in [0, 0.1) is 0 Å². The molecule has 0 saturated carbocycles. The Morgan fingerprint density at radius 3 is 2.72 bits per heavy atom. The number of hydrogen-bond donors (Lipinski definition) is 3. The Bertz CT molecular complexity index is 1250. The molecule has 0 radical (unpaired) electrons. The fraction of sp³-hybridized carbons (Fsp3) is 0.125. The second-order valence-electron chi connectivity index (χ2n) is 6.89. The number of imidazole rings is 1. The maximum Gasteiger partial charge on any atom is 0.257 e. The van der Waals surface area contributed by atoms with Gasteiger partial charge >= 0.3 is 0 Å². The molecular formula is C24H22N4O3S. The molecule has 0 aliphatic heterocycles. The van der Waals surface area contributed by atoms with E-state index in [1.165, 1.54) is 0 Å². The number of ether oxygens (including phenoxy) is 2. The Hall–Kier alpha value is -3.91. The van der Waals surface area contributed by atoms with Crippen molar-refractivity contribution >= 4 is 40.0 Å². The number of amides is 1. The molecule has 0 aliphatic rings. The van der Waals surface area contributed by atoms with Crippen LogP contribution in [-0.4, -0.2) is 34.7 Å². The molecule has 1 heterocycles. The zero-order valence-corrected chi connectivity index (χ0v) is 18.5. The number of carbonyl (C=O) groups excluding carboxylic acids is 1. The average molecular weight is 447 g/mol. The number of methoxy groups -OCH3 is 1. The maximum absolute atomic E-state index is 12.6. The number of aromatic amines is 1. The number of para-hydroxylation sites is 2. The summed E-state index contributed by atoms with van der Waals surface area (Å²) in [5, 5.41) is 5.89. The van der Waals surface area contributed by atoms with E-state index in [-0.39, 0.29) is 11.0 Å². The molecule has 4 rings (SSSR count). The van der Waals surface area contributed by atoms with Gasteiger partial charge in [-0.2, -0.15) is 0 Å². The topological polar surface area (TPSA) is 88.3 Å². The van der Waals surface area contributed by atoms with Gasteiger partial charge in [0.25, 0.3) is 5.91 Å². The van der Waals surface area contributed by atoms with Gasteiger partial charge in [0.2, 0.25) is 0 Å². The zero-order valence-electron chi connectivity index (χ0n) is 17.6. The Balaban J connectivity index is 1.52. The molecule has 1 aromatic heterocycles. The number of carbonyl (C=O) groups is 1. The van der Waals surface area contributed by atoms with Crippen LogP contribution >= 0.6 is 12.2 Å². The molecule has 0 atom stereocenters. The summed E-state index contributed by atoms with van der Waals surface area (Å²) in [6.07, 6.45) is 0. The third-order valence-electron chi connectivity index (χ3n) is 4.74. The van der Waals surface area contributed by atoms with Crippen LogP contribution in [0.1, 0.15) is 17.3 Å². The lowest BCUT2D eigenvalue weighted by atomic mass is 10.1. The van der Waals surface area contributed by atoms with Gasteiger partial charge in [0.05, 0.1) is 30.4 Å². The SMILES string of the molecule is CCOc1cccc(C(=O)NC(=S)Nc2cc(-c3nc4ccccc4[nH]3)ccc2OC)c1. The molecule has 0 aliphatic carbocycles. The zero-order chi connectivity index (χ0) is 22.5. The Labute approximate surface area is 190 Å². The smallest absolute Gasteiger partial charge is 0.257 e. The van der Waals surface area contributed by atoms with E-state index in [0.717, 1.165) is 22.4 Å². The highest BCUT2D eigenvalue weighted by Crippen LogP contribution is 2.30. The number of benzene rings is 3. The van der Waals surface area contributed by atoms with E-state index in [4.69, 9.17) is 21.7 Å². The second-order valence-corrected chi connectivity index (χ2v) is 7.29. The van der Waals surface area contributed by atoms with Crippen molar-refractivity contribution in [2.75, 3.05) is 19.0 Å². The first-order valence-electron chi connectivity index (χ1n) is 10.1. The van der Waals surface area contributed by atoms with E-state index in [0.29, 0.717) is 29.4 Å². The molecule has 0 unspecified atom stereocenters. The highest BCUT2D eigenvalue weighted by molar-refractivity contribution is 7.80. The molecule has 3 N–H and O–H groups in total. The van der Waals surface area contributed by atoms with Gasteiger partial charge < -0.3 is 19.8 Å². The van der Waals surface area contributed by atoms with Crippen molar-refractivity contribution in [2.24, 2.45) is 0 Å². The minimum atomic E-state index is -0.337. The number of hydrogen-bond acceptors (Lipinski definition) is 5. The quantitative estimate of drug-likeness (QED) is 0.370. The van der Waals surface area contributed by atoms with Gasteiger partial charge in [0.15, 0.2) is 5.11 Å². The van der Waals surface area contributed by atoms with E-state index in [9.17, 15) is 4.79 Å². The van der Waals surface area contributed by atoms with E-state index in [1.54, 1.807) is 31.4 Å². The van der Waals surface area contributed by atoms with Crippen molar-refractivity contribution in [3.63, 3.8) is 0 Å². The van der Waals surface area contributed by atoms with Gasteiger partial charge in [-0.05, 0) is 67.7 Å². The molecule has 0 spiro atoms. The second kappa shape index (κ2) is 9.49. The van der Waals surface area contributed by atoms with Gasteiger partial charge in [-0.1, -0.05) is 18.2 Å². The predicted octanol–water partition coefficient (Wildman–Crippen LogP) is 4.76. The van der Waals surface area contributed by atoms with Gasteiger partial charge in [-0.25, -0.2) is 4.98 Å². The molecule has 0 fully saturated rings. The van der Waals surface area contributed by atoms with Crippen molar-refractivity contribution in [1.82, 2.24) is 15.3 Å². The fourth-order valence-electron chi connectivity index (χ4n) is 3.27. The van der Waals surface area contributed by atoms with Crippen LogP contribution in [0.15, 0.2) is 66.7 Å². The minimum Gasteiger partial charge on any atom is -0.495 e. The summed E-state index contributed by atoms with van der Waals surface area (Å²) in [4.78, 5) is 20.5. The number of nitrogens with zero attached hydrogens (tertiary/aromatic N) is 1. The Morgan fingerprint density at radius 2 is 1.94 bits per heavy atom. The predicted molar refractivity (Wildman–Crippen MR) is 129 cm³/mol. The molecule has 8 heteroatoms. The summed E-state index contributed by atoms with van der Waals surface area (Å²) < 4.78 is 10.9. The van der Waals surface area contributed by atoms with Crippen LogP contribution in [0.25, 0.3) is 22.4 Å². The maximum atomic E-state index is 12.6. The summed E-state index contributed by atoms with van der Waals surface area (Å²) in [6.45, 7) is 2.41. The van der Waals surface area contributed by atoms with Crippen LogP contribution in [-0.2, 0) is 0 Å². The van der Waals surface area contributed by atoms with Crippen molar-refractivity contribution in [1.29, 1.82) is 0 Å². The summed E-state index contributed by atoms with van der Waals surface area (Å²) in [5.41, 5.74) is 3.74. The molecular weight excluding hydrogens is 424 g/mol. The number of H-pyrrole nitrogens is 1. The lowest BCUT2D eigenvalue weighted by Crippen LogP contribution is -2.34. The largest absolute Gasteiger partial charge is 0.495 e. The van der Waals surface area contributed by atoms with Gasteiger partial charge in [0, 0.05) is 11.1 Å². The molecule has 3 aromatic carbocycles. The first-order chi connectivity index (χ1) is 15.6. The fourth-order valence-corrected chi connectivity index (χ4v) is 3.47. The van der Waals surface area contributed by atoms with Gasteiger partial charge in [-0.15, -0.1) is 0 Å². The molecule has 7 nitrogen and oxygen atoms in total. The van der Waals surface area contributed by atoms with E-state index < -0.39 is 0 Å².